The van der Waals surface area contributed by atoms with E-state index in [-0.39, 0.29) is 28.4 Å². The minimum atomic E-state index is -0.0500. The first-order valence-corrected chi connectivity index (χ1v) is 5.69. The topological polar surface area (TPSA) is 152 Å². The van der Waals surface area contributed by atoms with Gasteiger partial charge < -0.3 is 0 Å². The molecule has 0 unspecified atom stereocenters. The lowest BCUT2D eigenvalue weighted by Crippen LogP contribution is -2.32. The Balaban J connectivity index is 2.31. The number of nitrogens with zero attached hydrogens (tertiary/aromatic N) is 10. The zero-order chi connectivity index (χ0) is 15.7. The summed E-state index contributed by atoms with van der Waals surface area (Å²) in [5.74, 6) is 0.0849. The number of rotatable bonds is 0. The molecule has 0 saturated heterocycles. The van der Waals surface area contributed by atoms with Gasteiger partial charge in [-0.1, -0.05) is 5.12 Å². The van der Waals surface area contributed by atoms with Crippen LogP contribution in [0.2, 0.25) is 0 Å². The van der Waals surface area contributed by atoms with E-state index >= 15 is 0 Å². The molecule has 0 N–H and O–H groups in total. The smallest absolute Gasteiger partial charge is 0.216 e. The fraction of sp³-hybridized carbons (Fsp3) is 0. The molecule has 10 nitrogen and oxygen atoms in total. The Morgan fingerprint density at radius 1 is 0.955 bits per heavy atom. The fourth-order valence-corrected chi connectivity index (χ4v) is 1.87. The summed E-state index contributed by atoms with van der Waals surface area (Å²) in [6, 6.07) is 6.62. The highest BCUT2D eigenvalue weighted by Gasteiger charge is 2.25. The Morgan fingerprint density at radius 2 is 1.77 bits per heavy atom. The summed E-state index contributed by atoms with van der Waals surface area (Å²) >= 11 is 0. The number of anilines is 1. The minimum absolute atomic E-state index is 0.0500. The molecular formula is C12H2N10. The predicted octanol–water partition coefficient (Wildman–Crippen LogP) is 1.37. The lowest BCUT2D eigenvalue weighted by atomic mass is 10.1. The van der Waals surface area contributed by atoms with Crippen LogP contribution in [0.3, 0.4) is 0 Å². The maximum atomic E-state index is 9.14. The summed E-state index contributed by atoms with van der Waals surface area (Å²) in [6.07, 6.45) is 3.45. The number of fused-ring (bicyclic) bond motifs is 2. The SMILES string of the molecule is N#Cc1cc2cc3c(nc2nc1C#N)N=NN(C#N)N3C#N. The van der Waals surface area contributed by atoms with Crippen LogP contribution in [-0.2, 0) is 0 Å². The molecule has 1 aliphatic heterocycles. The Kier molecular flexibility index (Phi) is 2.71. The third-order valence-corrected chi connectivity index (χ3v) is 2.82. The molecule has 10 heteroatoms. The van der Waals surface area contributed by atoms with Crippen molar-refractivity contribution < 1.29 is 0 Å². The predicted molar refractivity (Wildman–Crippen MR) is 69.0 cm³/mol. The van der Waals surface area contributed by atoms with Gasteiger partial charge in [0.2, 0.25) is 18.2 Å². The quantitative estimate of drug-likeness (QED) is 0.658. The molecule has 0 amide bonds. The monoisotopic (exact) mass is 286 g/mol. The molecule has 2 aromatic rings. The first kappa shape index (κ1) is 12.7. The van der Waals surface area contributed by atoms with Crippen molar-refractivity contribution >= 4 is 22.5 Å². The Labute approximate surface area is 122 Å². The van der Waals surface area contributed by atoms with Gasteiger partial charge in [0.1, 0.15) is 17.8 Å². The number of hydrogen-bond donors (Lipinski definition) is 0. The molecule has 1 aliphatic rings. The van der Waals surface area contributed by atoms with E-state index in [1.807, 2.05) is 12.1 Å². The molecule has 0 saturated carbocycles. The second-order valence-electron chi connectivity index (χ2n) is 3.98. The molecular weight excluding hydrogens is 284 g/mol. The molecule has 3 heterocycles. The molecule has 0 bridgehead atoms. The Bertz CT molecular complexity index is 994. The zero-order valence-corrected chi connectivity index (χ0v) is 10.6. The van der Waals surface area contributed by atoms with Crippen LogP contribution in [0.5, 0.6) is 0 Å². The number of nitriles is 4. The van der Waals surface area contributed by atoms with E-state index in [0.717, 1.165) is 5.01 Å². The first-order valence-electron chi connectivity index (χ1n) is 5.69. The third-order valence-electron chi connectivity index (χ3n) is 2.82. The van der Waals surface area contributed by atoms with Crippen molar-refractivity contribution in [1.29, 1.82) is 21.0 Å². The molecule has 0 fully saturated rings. The number of pyridine rings is 2. The molecule has 100 valence electrons. The van der Waals surface area contributed by atoms with E-state index in [1.165, 1.54) is 12.1 Å². The molecule has 3 rings (SSSR count). The van der Waals surface area contributed by atoms with Gasteiger partial charge in [0.05, 0.1) is 5.56 Å². The van der Waals surface area contributed by atoms with Gasteiger partial charge >= 0.3 is 0 Å². The van der Waals surface area contributed by atoms with Gasteiger partial charge in [-0.05, 0) is 17.4 Å². The lowest BCUT2D eigenvalue weighted by molar-refractivity contribution is 0.388. The maximum Gasteiger partial charge on any atom is 0.226 e. The van der Waals surface area contributed by atoms with Crippen LogP contribution in [0.1, 0.15) is 11.3 Å². The van der Waals surface area contributed by atoms with Crippen LogP contribution in [0.15, 0.2) is 22.5 Å². The summed E-state index contributed by atoms with van der Waals surface area (Å²) < 4.78 is 0. The summed E-state index contributed by atoms with van der Waals surface area (Å²) in [5, 5.41) is 45.3. The van der Waals surface area contributed by atoms with Gasteiger partial charge in [-0.3, -0.25) is 0 Å². The second kappa shape index (κ2) is 4.68. The van der Waals surface area contributed by atoms with Crippen molar-refractivity contribution in [1.82, 2.24) is 15.1 Å². The normalized spacial score (nSPS) is 12.0. The fourth-order valence-electron chi connectivity index (χ4n) is 1.87. The second-order valence-corrected chi connectivity index (χ2v) is 3.98. The van der Waals surface area contributed by atoms with Crippen molar-refractivity contribution in [3.8, 4) is 24.5 Å². The Hall–Kier alpha value is -4.28. The van der Waals surface area contributed by atoms with Gasteiger partial charge in [0.25, 0.3) is 0 Å². The summed E-state index contributed by atoms with van der Waals surface area (Å²) in [5.41, 5.74) is 0.458. The number of hydrazine groups is 1. The standard InChI is InChI=1S/C12H2N10/c13-3-8-1-7-2-10-12(18-11(7)17-9(8)4-14)19-20-22(6-16)21(10)5-15/h1-2H. The van der Waals surface area contributed by atoms with Crippen LogP contribution in [0.4, 0.5) is 11.5 Å². The van der Waals surface area contributed by atoms with E-state index in [2.05, 4.69) is 20.3 Å². The van der Waals surface area contributed by atoms with E-state index in [9.17, 15) is 0 Å². The van der Waals surface area contributed by atoms with E-state index < -0.39 is 0 Å². The van der Waals surface area contributed by atoms with Crippen LogP contribution in [0.25, 0.3) is 11.0 Å². The van der Waals surface area contributed by atoms with Crippen LogP contribution < -0.4 is 5.01 Å². The molecule has 0 aromatic carbocycles. The van der Waals surface area contributed by atoms with Crippen molar-refractivity contribution in [2.45, 2.75) is 0 Å². The van der Waals surface area contributed by atoms with Crippen molar-refractivity contribution in [2.24, 2.45) is 10.3 Å². The van der Waals surface area contributed by atoms with Crippen LogP contribution >= 0.6 is 0 Å². The van der Waals surface area contributed by atoms with Crippen molar-refractivity contribution in [2.75, 3.05) is 5.01 Å². The molecule has 0 radical (unpaired) electrons. The lowest BCUT2D eigenvalue weighted by Gasteiger charge is -2.23. The summed E-state index contributed by atoms with van der Waals surface area (Å²) in [4.78, 5) is 8.09. The van der Waals surface area contributed by atoms with Gasteiger partial charge in [-0.2, -0.15) is 26.1 Å². The largest absolute Gasteiger partial charge is 0.226 e. The average molecular weight is 286 g/mol. The highest BCUT2D eigenvalue weighted by Crippen LogP contribution is 2.34. The van der Waals surface area contributed by atoms with Gasteiger partial charge in [-0.25, -0.2) is 9.97 Å². The Morgan fingerprint density at radius 3 is 2.41 bits per heavy atom. The van der Waals surface area contributed by atoms with Gasteiger partial charge in [0.15, 0.2) is 11.3 Å². The zero-order valence-electron chi connectivity index (χ0n) is 10.6. The van der Waals surface area contributed by atoms with Gasteiger partial charge in [-0.15, -0.1) is 5.11 Å². The maximum absolute atomic E-state index is 9.14. The number of hydrogen-bond acceptors (Lipinski definition) is 10. The molecule has 22 heavy (non-hydrogen) atoms. The number of aromatic nitrogens is 2. The first-order chi connectivity index (χ1) is 10.7. The third kappa shape index (κ3) is 1.70. The van der Waals surface area contributed by atoms with Crippen molar-refractivity contribution in [3.05, 3.63) is 23.4 Å². The average Bonchev–Trinajstić information content (AvgIpc) is 2.57. The summed E-state index contributed by atoms with van der Waals surface area (Å²) in [6.45, 7) is 0. The van der Waals surface area contributed by atoms with Crippen LogP contribution in [-0.4, -0.2) is 15.1 Å². The molecule has 2 aromatic heterocycles. The van der Waals surface area contributed by atoms with E-state index in [1.54, 1.807) is 12.4 Å². The van der Waals surface area contributed by atoms with Crippen molar-refractivity contribution in [3.63, 3.8) is 0 Å². The highest BCUT2D eigenvalue weighted by molar-refractivity contribution is 5.85. The molecule has 0 spiro atoms. The van der Waals surface area contributed by atoms with Gasteiger partial charge in [0, 0.05) is 5.39 Å². The highest BCUT2D eigenvalue weighted by atomic mass is 15.8. The minimum Gasteiger partial charge on any atom is -0.216 e. The van der Waals surface area contributed by atoms with Crippen LogP contribution in [0, 0.1) is 45.6 Å². The van der Waals surface area contributed by atoms with E-state index in [4.69, 9.17) is 21.0 Å². The summed E-state index contributed by atoms with van der Waals surface area (Å²) in [7, 11) is 0. The molecule has 0 aliphatic carbocycles. The molecule has 0 atom stereocenters. The van der Waals surface area contributed by atoms with E-state index in [0.29, 0.717) is 10.5 Å².